The number of rotatable bonds is 7. The molecule has 110 valence electrons. The topological polar surface area (TPSA) is 66.4 Å². The fourth-order valence-corrected chi connectivity index (χ4v) is 2.31. The minimum Gasteiger partial charge on any atom is -0.479 e. The van der Waals surface area contributed by atoms with Crippen LogP contribution in [0.3, 0.4) is 0 Å². The van der Waals surface area contributed by atoms with Gasteiger partial charge in [0.2, 0.25) is 5.91 Å². The van der Waals surface area contributed by atoms with Gasteiger partial charge >= 0.3 is 5.97 Å². The van der Waals surface area contributed by atoms with Crippen LogP contribution >= 0.6 is 23.4 Å². The van der Waals surface area contributed by atoms with Crippen LogP contribution in [-0.4, -0.2) is 28.5 Å². The van der Waals surface area contributed by atoms with E-state index >= 15 is 0 Å². The first kappa shape index (κ1) is 16.8. The Morgan fingerprint density at radius 1 is 1.50 bits per heavy atom. The lowest BCUT2D eigenvalue weighted by atomic mass is 10.1. The summed E-state index contributed by atoms with van der Waals surface area (Å²) in [4.78, 5) is 22.8. The second-order valence-corrected chi connectivity index (χ2v) is 5.58. The Morgan fingerprint density at radius 3 is 2.75 bits per heavy atom. The van der Waals surface area contributed by atoms with Crippen molar-refractivity contribution >= 4 is 35.2 Å². The zero-order valence-corrected chi connectivity index (χ0v) is 12.4. The van der Waals surface area contributed by atoms with Crippen LogP contribution in [0.5, 0.6) is 0 Å². The predicted octanol–water partition coefficient (Wildman–Crippen LogP) is 2.86. The average molecular weight is 320 g/mol. The Balaban J connectivity index is 2.76. The van der Waals surface area contributed by atoms with Crippen LogP contribution in [0.2, 0.25) is 5.02 Å². The molecule has 20 heavy (non-hydrogen) atoms. The molecular weight excluding hydrogens is 305 g/mol. The maximum absolute atomic E-state index is 13.3. The van der Waals surface area contributed by atoms with Gasteiger partial charge in [0.05, 0.1) is 10.8 Å². The Morgan fingerprint density at radius 2 is 2.20 bits per heavy atom. The van der Waals surface area contributed by atoms with Crippen molar-refractivity contribution in [3.8, 4) is 0 Å². The SMILES string of the molecule is CCCSCC(=O)NC(C(=O)O)c1ccc(Cl)c(F)c1. The van der Waals surface area contributed by atoms with Crippen molar-refractivity contribution in [2.75, 3.05) is 11.5 Å². The third-order valence-corrected chi connectivity index (χ3v) is 3.88. The zero-order chi connectivity index (χ0) is 15.1. The number of nitrogens with one attached hydrogen (secondary N) is 1. The normalized spacial score (nSPS) is 11.9. The summed E-state index contributed by atoms with van der Waals surface area (Å²) in [5.41, 5.74) is 0.147. The summed E-state index contributed by atoms with van der Waals surface area (Å²) >= 11 is 6.96. The molecule has 0 bridgehead atoms. The number of carboxylic acids is 1. The van der Waals surface area contributed by atoms with Crippen LogP contribution in [0.25, 0.3) is 0 Å². The molecule has 0 aromatic heterocycles. The van der Waals surface area contributed by atoms with Gasteiger partial charge in [-0.3, -0.25) is 4.79 Å². The highest BCUT2D eigenvalue weighted by molar-refractivity contribution is 7.99. The molecule has 0 fully saturated rings. The van der Waals surface area contributed by atoms with Crippen LogP contribution in [0.1, 0.15) is 24.9 Å². The molecule has 0 aliphatic carbocycles. The molecule has 1 aromatic rings. The number of hydrogen-bond donors (Lipinski definition) is 2. The highest BCUT2D eigenvalue weighted by Gasteiger charge is 2.22. The van der Waals surface area contributed by atoms with Gasteiger partial charge < -0.3 is 10.4 Å². The van der Waals surface area contributed by atoms with E-state index in [-0.39, 0.29) is 16.3 Å². The Hall–Kier alpha value is -1.27. The number of benzene rings is 1. The number of hydrogen-bond acceptors (Lipinski definition) is 3. The van der Waals surface area contributed by atoms with Crippen molar-refractivity contribution in [3.63, 3.8) is 0 Å². The second kappa shape index (κ2) is 8.11. The highest BCUT2D eigenvalue weighted by atomic mass is 35.5. The summed E-state index contributed by atoms with van der Waals surface area (Å²) in [5.74, 6) is -1.37. The van der Waals surface area contributed by atoms with Crippen molar-refractivity contribution in [1.29, 1.82) is 0 Å². The number of carbonyl (C=O) groups excluding carboxylic acids is 1. The number of carbonyl (C=O) groups is 2. The van der Waals surface area contributed by atoms with Crippen molar-refractivity contribution in [2.24, 2.45) is 0 Å². The molecule has 7 heteroatoms. The summed E-state index contributed by atoms with van der Waals surface area (Å²) in [5, 5.41) is 11.4. The molecule has 1 unspecified atom stereocenters. The lowest BCUT2D eigenvalue weighted by Crippen LogP contribution is -2.35. The Labute approximate surface area is 125 Å². The molecule has 1 rings (SSSR count). The number of halogens is 2. The predicted molar refractivity (Wildman–Crippen MR) is 77.5 cm³/mol. The number of aliphatic carboxylic acids is 1. The quantitative estimate of drug-likeness (QED) is 0.758. The Bertz CT molecular complexity index is 499. The molecule has 1 aromatic carbocycles. The van der Waals surface area contributed by atoms with Gasteiger partial charge in [-0.05, 0) is 29.9 Å². The van der Waals surface area contributed by atoms with Crippen LogP contribution in [-0.2, 0) is 9.59 Å². The Kier molecular flexibility index (Phi) is 6.81. The van der Waals surface area contributed by atoms with Gasteiger partial charge in [-0.1, -0.05) is 24.6 Å². The third kappa shape index (κ3) is 5.02. The van der Waals surface area contributed by atoms with Crippen molar-refractivity contribution in [1.82, 2.24) is 5.32 Å². The van der Waals surface area contributed by atoms with E-state index in [0.29, 0.717) is 0 Å². The first-order chi connectivity index (χ1) is 9.45. The minimum absolute atomic E-state index is 0.0947. The maximum atomic E-state index is 13.3. The van der Waals surface area contributed by atoms with E-state index < -0.39 is 23.7 Å². The lowest BCUT2D eigenvalue weighted by molar-refractivity contribution is -0.141. The van der Waals surface area contributed by atoms with Crippen LogP contribution in [0.4, 0.5) is 4.39 Å². The van der Waals surface area contributed by atoms with Crippen molar-refractivity contribution in [3.05, 3.63) is 34.6 Å². The number of carboxylic acid groups (broad SMARTS) is 1. The monoisotopic (exact) mass is 319 g/mol. The van der Waals surface area contributed by atoms with E-state index in [9.17, 15) is 14.0 Å². The minimum atomic E-state index is -1.28. The molecule has 0 saturated heterocycles. The van der Waals surface area contributed by atoms with Crippen LogP contribution in [0, 0.1) is 5.82 Å². The summed E-state index contributed by atoms with van der Waals surface area (Å²) in [6.07, 6.45) is 0.933. The summed E-state index contributed by atoms with van der Waals surface area (Å²) in [6.45, 7) is 1.99. The van der Waals surface area contributed by atoms with E-state index in [1.165, 1.54) is 23.9 Å². The zero-order valence-electron chi connectivity index (χ0n) is 10.9. The molecule has 0 saturated carbocycles. The third-order valence-electron chi connectivity index (χ3n) is 2.41. The van der Waals surface area contributed by atoms with Gasteiger partial charge in [0, 0.05) is 0 Å². The maximum Gasteiger partial charge on any atom is 0.330 e. The molecule has 0 heterocycles. The van der Waals surface area contributed by atoms with E-state index in [2.05, 4.69) is 5.32 Å². The number of amides is 1. The largest absolute Gasteiger partial charge is 0.479 e. The van der Waals surface area contributed by atoms with Crippen molar-refractivity contribution in [2.45, 2.75) is 19.4 Å². The lowest BCUT2D eigenvalue weighted by Gasteiger charge is -2.15. The molecular formula is C13H15ClFNO3S. The molecule has 1 amide bonds. The fraction of sp³-hybridized carbons (Fsp3) is 0.385. The van der Waals surface area contributed by atoms with Gasteiger partial charge in [0.1, 0.15) is 5.82 Å². The van der Waals surface area contributed by atoms with E-state index in [4.69, 9.17) is 16.7 Å². The van der Waals surface area contributed by atoms with E-state index in [0.717, 1.165) is 18.2 Å². The summed E-state index contributed by atoms with van der Waals surface area (Å²) in [6, 6.07) is 2.38. The van der Waals surface area contributed by atoms with Gasteiger partial charge in [0.25, 0.3) is 0 Å². The standard InChI is InChI=1S/C13H15ClFNO3S/c1-2-5-20-7-11(17)16-12(13(18)19)8-3-4-9(14)10(15)6-8/h3-4,6,12H,2,5,7H2,1H3,(H,16,17)(H,18,19). The molecule has 0 radical (unpaired) electrons. The molecule has 4 nitrogen and oxygen atoms in total. The molecule has 0 aliphatic heterocycles. The van der Waals surface area contributed by atoms with Gasteiger partial charge in [-0.25, -0.2) is 9.18 Å². The van der Waals surface area contributed by atoms with E-state index in [1.54, 1.807) is 0 Å². The highest BCUT2D eigenvalue weighted by Crippen LogP contribution is 2.20. The molecule has 2 N–H and O–H groups in total. The molecule has 0 aliphatic rings. The summed E-state index contributed by atoms with van der Waals surface area (Å²) < 4.78 is 13.3. The van der Waals surface area contributed by atoms with Crippen LogP contribution in [0.15, 0.2) is 18.2 Å². The fourth-order valence-electron chi connectivity index (χ4n) is 1.49. The van der Waals surface area contributed by atoms with E-state index in [1.807, 2.05) is 6.92 Å². The number of thioether (sulfide) groups is 1. The van der Waals surface area contributed by atoms with Gasteiger partial charge in [0.15, 0.2) is 6.04 Å². The molecule has 1 atom stereocenters. The van der Waals surface area contributed by atoms with Gasteiger partial charge in [-0.15, -0.1) is 0 Å². The second-order valence-electron chi connectivity index (χ2n) is 4.06. The summed E-state index contributed by atoms with van der Waals surface area (Å²) in [7, 11) is 0. The molecule has 0 spiro atoms. The van der Waals surface area contributed by atoms with Crippen LogP contribution < -0.4 is 5.32 Å². The first-order valence-corrected chi connectivity index (χ1v) is 7.53. The van der Waals surface area contributed by atoms with Crippen molar-refractivity contribution < 1.29 is 19.1 Å². The average Bonchev–Trinajstić information content (AvgIpc) is 2.39. The smallest absolute Gasteiger partial charge is 0.330 e. The van der Waals surface area contributed by atoms with Gasteiger partial charge in [-0.2, -0.15) is 11.8 Å². The first-order valence-electron chi connectivity index (χ1n) is 6.00.